The van der Waals surface area contributed by atoms with Gasteiger partial charge in [0, 0.05) is 17.7 Å². The summed E-state index contributed by atoms with van der Waals surface area (Å²) in [4.78, 5) is 13.9. The third-order valence-electron chi connectivity index (χ3n) is 9.59. The van der Waals surface area contributed by atoms with Crippen LogP contribution < -0.4 is 14.9 Å². The molecular formula is C34H42O20. The number of aliphatic hydroxyl groups is 8. The number of phenols is 3. The standard InChI is InChI=1S/C34H42O20/c1-10-20(38)24(42)26(44)33(50-10)53-30-21(39)11(2)49-32(28(30)46)48-9-18-22(40)25(43)27(45)34(52-18)54-31-23(41)19-16(37)7-13(47-3)8-17(19)51-29(31)12-4-5-14(35)15(36)6-12/h4-8,10-11,18,20-22,24-28,30,32-40,42-46H,9H2,1-3H3/t10?,11?,18?,20-,21-,22-,24-,25?,26?,27?,28?,30-,32+,33-,34-/m0/s1. The smallest absolute Gasteiger partial charge is 0.239 e. The normalized spacial score (nSPS) is 37.3. The van der Waals surface area contributed by atoms with Gasteiger partial charge in [-0.1, -0.05) is 0 Å². The van der Waals surface area contributed by atoms with Crippen molar-refractivity contribution in [1.29, 1.82) is 0 Å². The van der Waals surface area contributed by atoms with Crippen molar-refractivity contribution < 1.29 is 93.7 Å². The maximum atomic E-state index is 13.9. The fraction of sp³-hybridized carbons (Fsp3) is 0.559. The van der Waals surface area contributed by atoms with Crippen LogP contribution in [0.3, 0.4) is 0 Å². The molecule has 54 heavy (non-hydrogen) atoms. The molecule has 3 aliphatic heterocycles. The van der Waals surface area contributed by atoms with Crippen molar-refractivity contribution in [3.63, 3.8) is 0 Å². The number of phenolic OH excluding ortho intramolecular Hbond substituents is 3. The van der Waals surface area contributed by atoms with Gasteiger partial charge in [-0.25, -0.2) is 0 Å². The first-order valence-corrected chi connectivity index (χ1v) is 16.8. The molecule has 4 heterocycles. The molecule has 11 N–H and O–H groups in total. The number of aliphatic hydroxyl groups excluding tert-OH is 8. The monoisotopic (exact) mass is 770 g/mol. The highest BCUT2D eigenvalue weighted by molar-refractivity contribution is 5.88. The van der Waals surface area contributed by atoms with Crippen LogP contribution in [0, 0.1) is 0 Å². The highest BCUT2D eigenvalue weighted by atomic mass is 16.7. The number of methoxy groups -OCH3 is 1. The molecule has 20 heteroatoms. The summed E-state index contributed by atoms with van der Waals surface area (Å²) in [5.74, 6) is -2.63. The Balaban J connectivity index is 1.24. The zero-order valence-corrected chi connectivity index (χ0v) is 28.8. The maximum Gasteiger partial charge on any atom is 0.239 e. The maximum absolute atomic E-state index is 13.9. The predicted molar refractivity (Wildman–Crippen MR) is 176 cm³/mol. The van der Waals surface area contributed by atoms with Gasteiger partial charge in [-0.3, -0.25) is 4.79 Å². The minimum Gasteiger partial charge on any atom is -0.507 e. The van der Waals surface area contributed by atoms with E-state index in [1.54, 1.807) is 0 Å². The van der Waals surface area contributed by atoms with E-state index in [1.807, 2.05) is 0 Å². The lowest BCUT2D eigenvalue weighted by Crippen LogP contribution is -2.64. The Labute approximate surface area is 305 Å². The van der Waals surface area contributed by atoms with Gasteiger partial charge in [0.2, 0.25) is 17.5 Å². The molecule has 0 saturated carbocycles. The van der Waals surface area contributed by atoms with Crippen LogP contribution in [-0.4, -0.2) is 162 Å². The van der Waals surface area contributed by atoms with Crippen LogP contribution >= 0.6 is 0 Å². The first kappa shape index (κ1) is 39.8. The average Bonchev–Trinajstić information content (AvgIpc) is 3.14. The fourth-order valence-corrected chi connectivity index (χ4v) is 6.37. The second-order valence-electron chi connectivity index (χ2n) is 13.3. The summed E-state index contributed by atoms with van der Waals surface area (Å²) in [6.07, 6.45) is -24.3. The summed E-state index contributed by atoms with van der Waals surface area (Å²) >= 11 is 0. The molecule has 3 aliphatic rings. The molecule has 15 atom stereocenters. The highest BCUT2D eigenvalue weighted by Gasteiger charge is 2.51. The lowest BCUT2D eigenvalue weighted by Gasteiger charge is -2.46. The first-order valence-electron chi connectivity index (χ1n) is 16.8. The van der Waals surface area contributed by atoms with Crippen LogP contribution in [0.25, 0.3) is 22.3 Å². The number of hydrogen-bond acceptors (Lipinski definition) is 20. The molecule has 3 aromatic rings. The molecule has 0 spiro atoms. The molecule has 7 unspecified atom stereocenters. The van der Waals surface area contributed by atoms with E-state index in [0.717, 1.165) is 18.2 Å². The second-order valence-corrected chi connectivity index (χ2v) is 13.3. The zero-order valence-electron chi connectivity index (χ0n) is 28.8. The minimum atomic E-state index is -2.01. The van der Waals surface area contributed by atoms with E-state index in [0.29, 0.717) is 0 Å². The van der Waals surface area contributed by atoms with E-state index < -0.39 is 127 Å². The minimum absolute atomic E-state index is 0.0184. The number of benzene rings is 2. The van der Waals surface area contributed by atoms with Crippen LogP contribution in [0.4, 0.5) is 0 Å². The Hall–Kier alpha value is -3.87. The van der Waals surface area contributed by atoms with Gasteiger partial charge in [-0.2, -0.15) is 0 Å². The fourth-order valence-electron chi connectivity index (χ4n) is 6.37. The van der Waals surface area contributed by atoms with E-state index in [9.17, 15) is 61.0 Å². The molecule has 0 bridgehead atoms. The lowest BCUT2D eigenvalue weighted by molar-refractivity contribution is -0.358. The van der Waals surface area contributed by atoms with Crippen molar-refractivity contribution in [2.75, 3.05) is 13.7 Å². The van der Waals surface area contributed by atoms with Crippen molar-refractivity contribution in [3.05, 3.63) is 40.6 Å². The average molecular weight is 771 g/mol. The SMILES string of the molecule is COc1cc(O)c2c(=O)c(O[C@@H]3OC(CO[C@@H]4OC(C)[C@H](O)[C@H](O[C@@H]5OC(C)[C@H](O)[C@H](O)C5O)C4O)[C@H](O)C(O)C3O)c(-c3ccc(O)c(O)c3)oc2c1. The van der Waals surface area contributed by atoms with Crippen molar-refractivity contribution in [2.45, 2.75) is 106 Å². The molecule has 1 aromatic heterocycles. The van der Waals surface area contributed by atoms with Crippen molar-refractivity contribution in [3.8, 4) is 40.1 Å². The summed E-state index contributed by atoms with van der Waals surface area (Å²) in [6, 6.07) is 5.81. The van der Waals surface area contributed by atoms with Crippen LogP contribution in [0.1, 0.15) is 13.8 Å². The number of hydrogen-bond donors (Lipinski definition) is 11. The predicted octanol–water partition coefficient (Wildman–Crippen LogP) is -2.53. The summed E-state index contributed by atoms with van der Waals surface area (Å²) in [6.45, 7) is 2.14. The summed E-state index contributed by atoms with van der Waals surface area (Å²) in [5, 5.41) is 115. The van der Waals surface area contributed by atoms with Gasteiger partial charge in [0.15, 0.2) is 29.8 Å². The van der Waals surface area contributed by atoms with E-state index in [2.05, 4.69) is 0 Å². The molecule has 20 nitrogen and oxygen atoms in total. The number of aromatic hydroxyl groups is 3. The zero-order chi connectivity index (χ0) is 39.3. The largest absolute Gasteiger partial charge is 0.507 e. The third kappa shape index (κ3) is 7.41. The van der Waals surface area contributed by atoms with Gasteiger partial charge >= 0.3 is 0 Å². The Kier molecular flexibility index (Phi) is 11.6. The Bertz CT molecular complexity index is 1850. The molecular weight excluding hydrogens is 728 g/mol. The molecule has 0 radical (unpaired) electrons. The number of rotatable bonds is 9. The van der Waals surface area contributed by atoms with Gasteiger partial charge in [0.1, 0.15) is 83.5 Å². The quantitative estimate of drug-likeness (QED) is 0.0999. The molecule has 3 fully saturated rings. The first-order chi connectivity index (χ1) is 25.5. The molecule has 0 amide bonds. The van der Waals surface area contributed by atoms with Gasteiger partial charge in [-0.15, -0.1) is 0 Å². The third-order valence-corrected chi connectivity index (χ3v) is 9.59. The molecule has 2 aromatic carbocycles. The van der Waals surface area contributed by atoms with Gasteiger partial charge in [0.25, 0.3) is 0 Å². The Morgan fingerprint density at radius 1 is 0.667 bits per heavy atom. The Morgan fingerprint density at radius 2 is 1.31 bits per heavy atom. The number of fused-ring (bicyclic) bond motifs is 1. The summed E-state index contributed by atoms with van der Waals surface area (Å²) in [7, 11) is 1.31. The molecule has 3 saturated heterocycles. The van der Waals surface area contributed by atoms with E-state index >= 15 is 0 Å². The van der Waals surface area contributed by atoms with Crippen LogP contribution in [0.2, 0.25) is 0 Å². The highest BCUT2D eigenvalue weighted by Crippen LogP contribution is 2.40. The number of ether oxygens (including phenoxy) is 7. The van der Waals surface area contributed by atoms with E-state index in [1.165, 1.54) is 33.1 Å². The van der Waals surface area contributed by atoms with E-state index in [4.69, 9.17) is 37.6 Å². The second kappa shape index (κ2) is 15.7. The lowest BCUT2D eigenvalue weighted by atomic mass is 9.97. The molecule has 298 valence electrons. The van der Waals surface area contributed by atoms with E-state index in [-0.39, 0.29) is 28.0 Å². The van der Waals surface area contributed by atoms with Crippen LogP contribution in [-0.2, 0) is 23.7 Å². The Morgan fingerprint density at radius 3 is 2.00 bits per heavy atom. The summed E-state index contributed by atoms with van der Waals surface area (Å²) in [5.41, 5.74) is -1.20. The van der Waals surface area contributed by atoms with Crippen molar-refractivity contribution in [1.82, 2.24) is 0 Å². The van der Waals surface area contributed by atoms with Crippen LogP contribution in [0.5, 0.6) is 28.7 Å². The van der Waals surface area contributed by atoms with Gasteiger partial charge in [0.05, 0.1) is 25.9 Å². The topological polar surface area (TPSA) is 317 Å². The summed E-state index contributed by atoms with van der Waals surface area (Å²) < 4.78 is 44.9. The molecule has 0 aliphatic carbocycles. The van der Waals surface area contributed by atoms with Crippen LogP contribution in [0.15, 0.2) is 39.5 Å². The van der Waals surface area contributed by atoms with Crippen molar-refractivity contribution >= 4 is 11.0 Å². The van der Waals surface area contributed by atoms with Gasteiger partial charge < -0.3 is 93.7 Å². The molecule has 6 rings (SSSR count). The van der Waals surface area contributed by atoms with Gasteiger partial charge in [-0.05, 0) is 32.0 Å². The van der Waals surface area contributed by atoms with Crippen molar-refractivity contribution in [2.24, 2.45) is 0 Å².